The maximum Gasteiger partial charge on any atom is 0.104 e. The molecule has 0 aliphatic heterocycles. The zero-order chi connectivity index (χ0) is 43.6. The molecule has 0 N–H and O–H groups in total. The van der Waals surface area contributed by atoms with Crippen LogP contribution in [0.15, 0.2) is 206 Å². The van der Waals surface area contributed by atoms with Crippen molar-refractivity contribution in [2.75, 3.05) is 0 Å². The number of para-hydroxylation sites is 7. The molecule has 10 aromatic carbocycles. The largest absolute Gasteiger partial charge is 0.306 e. The normalized spacial score (nSPS) is 11.9. The Morgan fingerprint density at radius 3 is 0.894 bits per heavy atom. The van der Waals surface area contributed by atoms with Crippen LogP contribution in [0.5, 0.6) is 0 Å². The summed E-state index contributed by atoms with van der Waals surface area (Å²) in [5.41, 5.74) is 11.0. The van der Waals surface area contributed by atoms with Crippen molar-refractivity contribution >= 4 is 98.0 Å². The summed E-state index contributed by atoms with van der Waals surface area (Å²) in [5.74, 6) is 0. The van der Waals surface area contributed by atoms with Crippen LogP contribution >= 0.6 is 0 Å². The number of hydrogen-bond acceptors (Lipinski definition) is 2. The number of nitriles is 2. The van der Waals surface area contributed by atoms with Crippen LogP contribution in [0.3, 0.4) is 0 Å². The van der Waals surface area contributed by atoms with Gasteiger partial charge in [0.2, 0.25) is 0 Å². The van der Waals surface area contributed by atoms with Crippen molar-refractivity contribution in [1.82, 2.24) is 18.3 Å². The summed E-state index contributed by atoms with van der Waals surface area (Å²) < 4.78 is 9.12. The second-order valence-electron chi connectivity index (χ2n) is 17.0. The molecule has 0 bridgehead atoms. The molecule has 0 saturated heterocycles. The van der Waals surface area contributed by atoms with Gasteiger partial charge in [-0.05, 0) is 47.9 Å². The van der Waals surface area contributed by atoms with Crippen molar-refractivity contribution in [2.24, 2.45) is 0 Å². The molecular weight excluding hydrogens is 805 g/mol. The summed E-state index contributed by atoms with van der Waals surface area (Å²) in [5, 5.41) is 35.2. The fourth-order valence-electron chi connectivity index (χ4n) is 11.2. The van der Waals surface area contributed by atoms with Gasteiger partial charge in [0.05, 0.1) is 66.9 Å². The standard InChI is InChI=1S/C60H34N6/c61-35-47-57(63-49-26-10-3-19-39(49)40-20-4-11-27-50(40)63)48(36-62)59(65-53-30-14-7-23-43(53)44-24-8-15-31-54(44)65)60(58(47)64-51-28-12-5-21-41(51)42-22-6-13-29-52(42)64)66-55-32-16-9-25-45(55)46-34-33-37-17-1-2-18-38(37)56(46)66/h1-34H. The second kappa shape index (κ2) is 13.6. The van der Waals surface area contributed by atoms with Gasteiger partial charge in [-0.15, -0.1) is 0 Å². The molecule has 0 atom stereocenters. The maximum absolute atomic E-state index is 12.3. The van der Waals surface area contributed by atoms with E-state index in [2.05, 4.69) is 225 Å². The van der Waals surface area contributed by atoms with Gasteiger partial charge < -0.3 is 18.3 Å². The predicted molar refractivity (Wildman–Crippen MR) is 271 cm³/mol. The fraction of sp³-hybridized carbons (Fsp3) is 0. The third-order valence-corrected chi connectivity index (χ3v) is 13.8. The number of nitrogens with zero attached hydrogens (tertiary/aromatic N) is 6. The van der Waals surface area contributed by atoms with E-state index >= 15 is 0 Å². The summed E-state index contributed by atoms with van der Waals surface area (Å²) >= 11 is 0. The van der Waals surface area contributed by atoms with E-state index in [0.717, 1.165) is 104 Å². The van der Waals surface area contributed by atoms with Gasteiger partial charge >= 0.3 is 0 Å². The van der Waals surface area contributed by atoms with Gasteiger partial charge in [-0.25, -0.2) is 0 Å². The third kappa shape index (κ3) is 4.66. The number of aromatic nitrogens is 4. The molecule has 0 spiro atoms. The Bertz CT molecular complexity index is 4190. The topological polar surface area (TPSA) is 67.3 Å². The minimum Gasteiger partial charge on any atom is -0.306 e. The third-order valence-electron chi connectivity index (χ3n) is 13.8. The van der Waals surface area contributed by atoms with E-state index in [-0.39, 0.29) is 0 Å². The van der Waals surface area contributed by atoms with Gasteiger partial charge in [0, 0.05) is 48.5 Å². The first-order valence-corrected chi connectivity index (χ1v) is 22.2. The molecule has 0 amide bonds. The van der Waals surface area contributed by atoms with Crippen LogP contribution in [-0.2, 0) is 0 Å². The Hall–Kier alpha value is -9.36. The molecule has 6 heteroatoms. The Balaban J connectivity index is 1.36. The molecule has 0 radical (unpaired) electrons. The molecule has 0 unspecified atom stereocenters. The number of benzene rings is 10. The molecule has 66 heavy (non-hydrogen) atoms. The minimum absolute atomic E-state index is 0.384. The minimum atomic E-state index is 0.384. The first-order chi connectivity index (χ1) is 32.7. The smallest absolute Gasteiger partial charge is 0.104 e. The predicted octanol–water partition coefficient (Wildman–Crippen LogP) is 15.0. The summed E-state index contributed by atoms with van der Waals surface area (Å²) in [4.78, 5) is 0. The first-order valence-electron chi connectivity index (χ1n) is 22.2. The molecule has 0 saturated carbocycles. The fourth-order valence-corrected chi connectivity index (χ4v) is 11.2. The van der Waals surface area contributed by atoms with E-state index in [1.165, 1.54) is 0 Å². The molecule has 4 heterocycles. The molecular formula is C60H34N6. The number of fused-ring (bicyclic) bond motifs is 14. The van der Waals surface area contributed by atoms with E-state index in [0.29, 0.717) is 28.2 Å². The molecule has 6 nitrogen and oxygen atoms in total. The van der Waals surface area contributed by atoms with Crippen LogP contribution in [0.25, 0.3) is 121 Å². The van der Waals surface area contributed by atoms with Crippen molar-refractivity contribution in [3.05, 3.63) is 217 Å². The Morgan fingerprint density at radius 2 is 0.530 bits per heavy atom. The maximum atomic E-state index is 12.3. The van der Waals surface area contributed by atoms with E-state index in [9.17, 15) is 10.5 Å². The van der Waals surface area contributed by atoms with Gasteiger partial charge in [-0.3, -0.25) is 0 Å². The van der Waals surface area contributed by atoms with Crippen molar-refractivity contribution in [3.8, 4) is 34.9 Å². The van der Waals surface area contributed by atoms with E-state index in [1.807, 2.05) is 12.1 Å². The number of rotatable bonds is 4. The Morgan fingerprint density at radius 1 is 0.242 bits per heavy atom. The van der Waals surface area contributed by atoms with Gasteiger partial charge in [-0.2, -0.15) is 10.5 Å². The zero-order valence-electron chi connectivity index (χ0n) is 35.3. The SMILES string of the molecule is N#Cc1c(-n2c3ccccc3c3ccccc32)c(C#N)c(-n2c3ccccc3c3ccccc32)c(-n2c3ccccc3c3ccc4ccccc4c32)c1-n1c2ccccc2c2ccccc21. The van der Waals surface area contributed by atoms with Crippen molar-refractivity contribution < 1.29 is 0 Å². The van der Waals surface area contributed by atoms with Gasteiger partial charge in [-0.1, -0.05) is 164 Å². The Labute approximate surface area is 377 Å². The van der Waals surface area contributed by atoms with Crippen molar-refractivity contribution in [1.29, 1.82) is 10.5 Å². The van der Waals surface area contributed by atoms with Crippen LogP contribution in [0.1, 0.15) is 11.1 Å². The summed E-state index contributed by atoms with van der Waals surface area (Å²) in [6, 6.07) is 77.7. The summed E-state index contributed by atoms with van der Waals surface area (Å²) in [6.07, 6.45) is 0. The van der Waals surface area contributed by atoms with Gasteiger partial charge in [0.15, 0.2) is 0 Å². The van der Waals surface area contributed by atoms with Crippen molar-refractivity contribution in [2.45, 2.75) is 0 Å². The highest BCUT2D eigenvalue weighted by molar-refractivity contribution is 6.20. The van der Waals surface area contributed by atoms with E-state index < -0.39 is 0 Å². The van der Waals surface area contributed by atoms with Crippen LogP contribution in [0.4, 0.5) is 0 Å². The van der Waals surface area contributed by atoms with Crippen LogP contribution in [-0.4, -0.2) is 18.3 Å². The van der Waals surface area contributed by atoms with Gasteiger partial charge in [0.25, 0.3) is 0 Å². The highest BCUT2D eigenvalue weighted by Crippen LogP contribution is 2.49. The monoisotopic (exact) mass is 838 g/mol. The van der Waals surface area contributed by atoms with Gasteiger partial charge in [0.1, 0.15) is 23.3 Å². The number of hydrogen-bond donors (Lipinski definition) is 0. The molecule has 14 rings (SSSR count). The average Bonchev–Trinajstić information content (AvgIpc) is 4.11. The quantitative estimate of drug-likeness (QED) is 0.177. The van der Waals surface area contributed by atoms with E-state index in [1.54, 1.807) is 0 Å². The molecule has 14 aromatic rings. The Kier molecular flexibility index (Phi) is 7.43. The molecule has 0 fully saturated rings. The highest BCUT2D eigenvalue weighted by atomic mass is 15.1. The van der Waals surface area contributed by atoms with Crippen LogP contribution < -0.4 is 0 Å². The lowest BCUT2D eigenvalue weighted by molar-refractivity contribution is 1.02. The molecule has 0 aliphatic rings. The molecule has 4 aromatic heterocycles. The lowest BCUT2D eigenvalue weighted by Crippen LogP contribution is -2.17. The lowest BCUT2D eigenvalue weighted by Gasteiger charge is -2.27. The highest BCUT2D eigenvalue weighted by Gasteiger charge is 2.34. The first kappa shape index (κ1) is 36.2. The molecule has 0 aliphatic carbocycles. The van der Waals surface area contributed by atoms with Crippen molar-refractivity contribution in [3.63, 3.8) is 0 Å². The van der Waals surface area contributed by atoms with Crippen LogP contribution in [0.2, 0.25) is 0 Å². The van der Waals surface area contributed by atoms with Crippen LogP contribution in [0, 0.1) is 22.7 Å². The van der Waals surface area contributed by atoms with E-state index in [4.69, 9.17) is 0 Å². The second-order valence-corrected chi connectivity index (χ2v) is 17.0. The zero-order valence-corrected chi connectivity index (χ0v) is 35.3. The summed E-state index contributed by atoms with van der Waals surface area (Å²) in [6.45, 7) is 0. The molecule has 304 valence electrons. The summed E-state index contributed by atoms with van der Waals surface area (Å²) in [7, 11) is 0. The average molecular weight is 839 g/mol. The lowest BCUT2D eigenvalue weighted by atomic mass is 9.98.